The van der Waals surface area contributed by atoms with Gasteiger partial charge >= 0.3 is 6.18 Å². The molecule has 0 aliphatic heterocycles. The van der Waals surface area contributed by atoms with Crippen LogP contribution in [-0.2, 0) is 6.54 Å². The largest absolute Gasteiger partial charge is 0.408 e. The number of halogens is 3. The van der Waals surface area contributed by atoms with Crippen molar-refractivity contribution in [2.45, 2.75) is 32.6 Å². The molecule has 0 aliphatic carbocycles. The van der Waals surface area contributed by atoms with E-state index in [1.807, 2.05) is 30.7 Å². The van der Waals surface area contributed by atoms with Gasteiger partial charge in [0.1, 0.15) is 12.2 Å². The van der Waals surface area contributed by atoms with Crippen LogP contribution in [-0.4, -0.2) is 35.5 Å². The van der Waals surface area contributed by atoms with Gasteiger partial charge in [0.2, 0.25) is 0 Å². The standard InChI is InChI=1S/C22H19F3N6/c1-13(2)31-12-28-19-4-3-14(6-20(19)31)18-9-27-21-17(18)5-15(7-26-21)16-8-29-30(10-16)11-22(23,24)25/h3-10,12-13H,11H2,1-2H3,(H,26,27). The smallest absolute Gasteiger partial charge is 0.346 e. The molecule has 0 radical (unpaired) electrons. The zero-order valence-corrected chi connectivity index (χ0v) is 16.9. The van der Waals surface area contributed by atoms with E-state index in [9.17, 15) is 13.2 Å². The number of alkyl halides is 3. The number of nitrogens with one attached hydrogen (secondary N) is 1. The van der Waals surface area contributed by atoms with Crippen molar-refractivity contribution >= 4 is 22.1 Å². The van der Waals surface area contributed by atoms with Crippen molar-refractivity contribution in [1.29, 1.82) is 0 Å². The second-order valence-corrected chi connectivity index (χ2v) is 7.81. The third-order valence-corrected chi connectivity index (χ3v) is 5.28. The highest BCUT2D eigenvalue weighted by atomic mass is 19.4. The number of nitrogens with zero attached hydrogens (tertiary/aromatic N) is 5. The summed E-state index contributed by atoms with van der Waals surface area (Å²) in [5.74, 6) is 0. The summed E-state index contributed by atoms with van der Waals surface area (Å²) in [6.07, 6.45) is 3.86. The number of pyridine rings is 1. The lowest BCUT2D eigenvalue weighted by Crippen LogP contribution is -2.17. The van der Waals surface area contributed by atoms with Crippen LogP contribution in [0.4, 0.5) is 13.2 Å². The molecular weight excluding hydrogens is 405 g/mol. The van der Waals surface area contributed by atoms with E-state index in [2.05, 4.69) is 44.5 Å². The molecule has 1 aromatic carbocycles. The van der Waals surface area contributed by atoms with E-state index < -0.39 is 12.7 Å². The summed E-state index contributed by atoms with van der Waals surface area (Å²) in [7, 11) is 0. The van der Waals surface area contributed by atoms with E-state index in [4.69, 9.17) is 0 Å². The molecule has 0 bridgehead atoms. The zero-order chi connectivity index (χ0) is 21.8. The van der Waals surface area contributed by atoms with Gasteiger partial charge in [-0.15, -0.1) is 0 Å². The highest BCUT2D eigenvalue weighted by molar-refractivity contribution is 5.97. The first-order chi connectivity index (χ1) is 14.8. The van der Waals surface area contributed by atoms with E-state index in [0.717, 1.165) is 32.2 Å². The van der Waals surface area contributed by atoms with Gasteiger partial charge in [0, 0.05) is 46.7 Å². The number of fused-ring (bicyclic) bond motifs is 2. The van der Waals surface area contributed by atoms with Gasteiger partial charge in [-0.1, -0.05) is 6.07 Å². The molecule has 0 unspecified atom stereocenters. The van der Waals surface area contributed by atoms with Crippen LogP contribution in [0.3, 0.4) is 0 Å². The maximum atomic E-state index is 12.6. The van der Waals surface area contributed by atoms with E-state index >= 15 is 0 Å². The molecule has 158 valence electrons. The average molecular weight is 424 g/mol. The lowest BCUT2D eigenvalue weighted by atomic mass is 10.0. The fraction of sp³-hybridized carbons (Fsp3) is 0.227. The second-order valence-electron chi connectivity index (χ2n) is 7.81. The van der Waals surface area contributed by atoms with Gasteiger partial charge in [0.15, 0.2) is 0 Å². The topological polar surface area (TPSA) is 64.3 Å². The molecule has 5 aromatic rings. The van der Waals surface area contributed by atoms with Crippen LogP contribution in [0, 0.1) is 0 Å². The number of aromatic nitrogens is 6. The Hall–Kier alpha value is -3.62. The van der Waals surface area contributed by atoms with E-state index in [-0.39, 0.29) is 6.04 Å². The minimum absolute atomic E-state index is 0.282. The molecule has 0 saturated heterocycles. The Morgan fingerprint density at radius 1 is 1.03 bits per heavy atom. The molecular formula is C22H19F3N6. The molecule has 0 spiro atoms. The average Bonchev–Trinajstić information content (AvgIpc) is 3.43. The minimum Gasteiger partial charge on any atom is -0.346 e. The Bertz CT molecular complexity index is 1390. The minimum atomic E-state index is -4.32. The van der Waals surface area contributed by atoms with Crippen molar-refractivity contribution in [3.63, 3.8) is 0 Å². The van der Waals surface area contributed by atoms with E-state index in [1.165, 1.54) is 12.4 Å². The molecule has 0 saturated carbocycles. The van der Waals surface area contributed by atoms with Crippen molar-refractivity contribution in [2.24, 2.45) is 0 Å². The lowest BCUT2D eigenvalue weighted by molar-refractivity contribution is -0.142. The van der Waals surface area contributed by atoms with Gasteiger partial charge in [-0.25, -0.2) is 9.97 Å². The zero-order valence-electron chi connectivity index (χ0n) is 16.9. The maximum Gasteiger partial charge on any atom is 0.408 e. The van der Waals surface area contributed by atoms with E-state index in [1.54, 1.807) is 6.20 Å². The van der Waals surface area contributed by atoms with Crippen LogP contribution >= 0.6 is 0 Å². The molecule has 31 heavy (non-hydrogen) atoms. The fourth-order valence-corrected chi connectivity index (χ4v) is 3.79. The Morgan fingerprint density at radius 3 is 2.65 bits per heavy atom. The third kappa shape index (κ3) is 3.56. The first-order valence-corrected chi connectivity index (χ1v) is 9.82. The van der Waals surface area contributed by atoms with Crippen LogP contribution < -0.4 is 0 Å². The predicted octanol–water partition coefficient (Wildman–Crippen LogP) is 5.59. The Labute approximate surface area is 175 Å². The molecule has 4 aromatic heterocycles. The molecule has 0 atom stereocenters. The molecule has 6 nitrogen and oxygen atoms in total. The van der Waals surface area contributed by atoms with Gasteiger partial charge in [-0.05, 0) is 37.6 Å². The van der Waals surface area contributed by atoms with Crippen molar-refractivity contribution in [1.82, 2.24) is 29.3 Å². The maximum absolute atomic E-state index is 12.6. The molecule has 4 heterocycles. The number of hydrogen-bond acceptors (Lipinski definition) is 3. The van der Waals surface area contributed by atoms with Crippen LogP contribution in [0.2, 0.25) is 0 Å². The highest BCUT2D eigenvalue weighted by Crippen LogP contribution is 2.33. The Morgan fingerprint density at radius 2 is 1.87 bits per heavy atom. The third-order valence-electron chi connectivity index (χ3n) is 5.28. The summed E-state index contributed by atoms with van der Waals surface area (Å²) in [6.45, 7) is 3.09. The highest BCUT2D eigenvalue weighted by Gasteiger charge is 2.28. The number of aromatic amines is 1. The number of rotatable bonds is 4. The molecule has 0 fully saturated rings. The number of H-pyrrole nitrogens is 1. The van der Waals surface area contributed by atoms with Crippen molar-refractivity contribution in [2.75, 3.05) is 0 Å². The number of benzene rings is 1. The first-order valence-electron chi connectivity index (χ1n) is 9.82. The second kappa shape index (κ2) is 6.97. The number of hydrogen-bond donors (Lipinski definition) is 1. The van der Waals surface area contributed by atoms with Crippen LogP contribution in [0.1, 0.15) is 19.9 Å². The van der Waals surface area contributed by atoms with E-state index in [0.29, 0.717) is 16.8 Å². The van der Waals surface area contributed by atoms with Crippen LogP contribution in [0.25, 0.3) is 44.3 Å². The van der Waals surface area contributed by atoms with Crippen LogP contribution in [0.5, 0.6) is 0 Å². The van der Waals surface area contributed by atoms with Gasteiger partial charge in [0.05, 0.1) is 23.6 Å². The normalized spacial score (nSPS) is 12.5. The summed E-state index contributed by atoms with van der Waals surface area (Å²) in [5, 5.41) is 4.72. The molecule has 1 N–H and O–H groups in total. The molecule has 9 heteroatoms. The van der Waals surface area contributed by atoms with Crippen molar-refractivity contribution in [3.8, 4) is 22.3 Å². The van der Waals surface area contributed by atoms with Crippen molar-refractivity contribution in [3.05, 3.63) is 55.4 Å². The molecule has 0 aliphatic rings. The summed E-state index contributed by atoms with van der Waals surface area (Å²) in [4.78, 5) is 12.1. The summed E-state index contributed by atoms with van der Waals surface area (Å²) >= 11 is 0. The SMILES string of the molecule is CC(C)n1cnc2ccc(-c3c[nH]c4ncc(-c5cnn(CC(F)(F)F)c5)cc34)cc21. The van der Waals surface area contributed by atoms with Gasteiger partial charge in [-0.2, -0.15) is 18.3 Å². The van der Waals surface area contributed by atoms with Gasteiger partial charge in [-0.3, -0.25) is 4.68 Å². The molecule has 5 rings (SSSR count). The predicted molar refractivity (Wildman–Crippen MR) is 112 cm³/mol. The van der Waals surface area contributed by atoms with Crippen LogP contribution in [0.15, 0.2) is 55.4 Å². The van der Waals surface area contributed by atoms with Gasteiger partial charge in [0.25, 0.3) is 0 Å². The number of imidazole rings is 1. The summed E-state index contributed by atoms with van der Waals surface area (Å²) in [5.41, 5.74) is 5.93. The lowest BCUT2D eigenvalue weighted by Gasteiger charge is -2.09. The van der Waals surface area contributed by atoms with Crippen molar-refractivity contribution < 1.29 is 13.2 Å². The first kappa shape index (κ1) is 19.3. The summed E-state index contributed by atoms with van der Waals surface area (Å²) < 4.78 is 40.9. The Balaban J connectivity index is 1.57. The summed E-state index contributed by atoms with van der Waals surface area (Å²) in [6, 6.07) is 8.30. The fourth-order valence-electron chi connectivity index (χ4n) is 3.79. The Kier molecular flexibility index (Phi) is 4.35. The monoisotopic (exact) mass is 424 g/mol. The van der Waals surface area contributed by atoms with Gasteiger partial charge < -0.3 is 9.55 Å². The molecule has 0 amide bonds. The quantitative estimate of drug-likeness (QED) is 0.409.